The fraction of sp³-hybridized carbons (Fsp3) is 0.0909. The molecule has 6 rings (SSSR count). The average molecular weight is 419 g/mol. The number of thiophene rings is 1. The number of halogens is 1. The number of rotatable bonds is 2. The van der Waals surface area contributed by atoms with Gasteiger partial charge in [-0.15, -0.1) is 11.3 Å². The van der Waals surface area contributed by atoms with Crippen molar-refractivity contribution in [2.45, 2.75) is 12.1 Å². The predicted octanol–water partition coefficient (Wildman–Crippen LogP) is 5.55. The number of nitrogens with zero attached hydrogens (tertiary/aromatic N) is 3. The van der Waals surface area contributed by atoms with E-state index in [9.17, 15) is 0 Å². The van der Waals surface area contributed by atoms with E-state index in [2.05, 4.69) is 45.0 Å². The predicted molar refractivity (Wildman–Crippen MR) is 114 cm³/mol. The lowest BCUT2D eigenvalue weighted by Gasteiger charge is -2.38. The highest BCUT2D eigenvalue weighted by Gasteiger charge is 2.41. The molecule has 2 aliphatic rings. The Bertz CT molecular complexity index is 1230. The quantitative estimate of drug-likeness (QED) is 0.463. The first-order valence-electron chi connectivity index (χ1n) is 9.25. The molecule has 0 amide bonds. The zero-order valence-corrected chi connectivity index (χ0v) is 16.7. The first-order valence-corrected chi connectivity index (χ1v) is 10.5. The molecule has 4 heterocycles. The molecule has 2 aromatic carbocycles. The van der Waals surface area contributed by atoms with Crippen LogP contribution in [0.15, 0.2) is 77.9 Å². The summed E-state index contributed by atoms with van der Waals surface area (Å²) in [6, 6.07) is 20.1. The summed E-state index contributed by atoms with van der Waals surface area (Å²) in [4.78, 5) is 5.59. The van der Waals surface area contributed by atoms with Gasteiger partial charge in [0, 0.05) is 21.0 Å². The van der Waals surface area contributed by atoms with Gasteiger partial charge in [0.2, 0.25) is 5.95 Å². The number of ether oxygens (including phenoxy) is 1. The SMILES string of the molecule is Clc1ccc2c(c1)C1=C(C(c3cccs3)O2)C(c2ccccc2)n2ncnc2N1. The molecule has 0 spiro atoms. The Labute approximate surface area is 176 Å². The number of hydrogen-bond donors (Lipinski definition) is 1. The molecule has 1 N–H and O–H groups in total. The molecular formula is C22H15ClN4OS. The van der Waals surface area contributed by atoms with Crippen LogP contribution >= 0.6 is 22.9 Å². The zero-order valence-electron chi connectivity index (χ0n) is 15.1. The highest BCUT2D eigenvalue weighted by molar-refractivity contribution is 7.10. The van der Waals surface area contributed by atoms with Gasteiger partial charge in [0.1, 0.15) is 18.1 Å². The van der Waals surface area contributed by atoms with Crippen molar-refractivity contribution in [1.82, 2.24) is 14.8 Å². The maximum atomic E-state index is 6.54. The highest BCUT2D eigenvalue weighted by atomic mass is 35.5. The molecule has 2 aromatic heterocycles. The lowest BCUT2D eigenvalue weighted by molar-refractivity contribution is 0.226. The molecule has 29 heavy (non-hydrogen) atoms. The molecule has 4 aromatic rings. The second-order valence-electron chi connectivity index (χ2n) is 6.95. The van der Waals surface area contributed by atoms with Crippen LogP contribution in [0.25, 0.3) is 5.70 Å². The third-order valence-corrected chi connectivity index (χ3v) is 6.44. The van der Waals surface area contributed by atoms with Crippen molar-refractivity contribution < 1.29 is 4.74 Å². The summed E-state index contributed by atoms with van der Waals surface area (Å²) >= 11 is 8.02. The number of aromatic nitrogens is 3. The molecular weight excluding hydrogens is 404 g/mol. The van der Waals surface area contributed by atoms with Crippen LogP contribution in [0.4, 0.5) is 5.95 Å². The topological polar surface area (TPSA) is 52.0 Å². The van der Waals surface area contributed by atoms with Crippen molar-refractivity contribution in [1.29, 1.82) is 0 Å². The number of nitrogens with one attached hydrogen (secondary N) is 1. The summed E-state index contributed by atoms with van der Waals surface area (Å²) in [6.45, 7) is 0. The van der Waals surface area contributed by atoms with Gasteiger partial charge < -0.3 is 10.1 Å². The van der Waals surface area contributed by atoms with E-state index in [-0.39, 0.29) is 12.1 Å². The smallest absolute Gasteiger partial charge is 0.226 e. The van der Waals surface area contributed by atoms with Gasteiger partial charge in [-0.1, -0.05) is 48.0 Å². The maximum absolute atomic E-state index is 6.54. The van der Waals surface area contributed by atoms with Crippen molar-refractivity contribution >= 4 is 34.6 Å². The minimum Gasteiger partial charge on any atom is -0.480 e. The van der Waals surface area contributed by atoms with E-state index in [1.165, 1.54) is 0 Å². The average Bonchev–Trinajstić information content (AvgIpc) is 3.44. The van der Waals surface area contributed by atoms with E-state index >= 15 is 0 Å². The van der Waals surface area contributed by atoms with E-state index in [4.69, 9.17) is 16.3 Å². The van der Waals surface area contributed by atoms with Crippen LogP contribution in [-0.4, -0.2) is 14.8 Å². The van der Waals surface area contributed by atoms with Gasteiger partial charge in [-0.25, -0.2) is 4.68 Å². The highest BCUT2D eigenvalue weighted by Crippen LogP contribution is 2.51. The van der Waals surface area contributed by atoms with Crippen molar-refractivity contribution in [2.75, 3.05) is 5.32 Å². The van der Waals surface area contributed by atoms with Gasteiger partial charge >= 0.3 is 0 Å². The number of hydrogen-bond acceptors (Lipinski definition) is 5. The summed E-state index contributed by atoms with van der Waals surface area (Å²) in [7, 11) is 0. The van der Waals surface area contributed by atoms with Crippen LogP contribution in [0.2, 0.25) is 5.02 Å². The first-order chi connectivity index (χ1) is 14.3. The van der Waals surface area contributed by atoms with Gasteiger partial charge in [0.15, 0.2) is 6.10 Å². The fourth-order valence-corrected chi connectivity index (χ4v) is 5.02. The Morgan fingerprint density at radius 3 is 2.79 bits per heavy atom. The van der Waals surface area contributed by atoms with Gasteiger partial charge in [0.05, 0.1) is 5.70 Å². The van der Waals surface area contributed by atoms with E-state index < -0.39 is 0 Å². The van der Waals surface area contributed by atoms with Gasteiger partial charge in [-0.3, -0.25) is 0 Å². The van der Waals surface area contributed by atoms with E-state index in [1.807, 2.05) is 41.1 Å². The van der Waals surface area contributed by atoms with Crippen molar-refractivity contribution in [3.63, 3.8) is 0 Å². The van der Waals surface area contributed by atoms with E-state index in [1.54, 1.807) is 17.7 Å². The lowest BCUT2D eigenvalue weighted by Crippen LogP contribution is -2.32. The van der Waals surface area contributed by atoms with E-state index in [0.29, 0.717) is 11.0 Å². The molecule has 0 aliphatic carbocycles. The molecule has 0 saturated carbocycles. The van der Waals surface area contributed by atoms with Crippen LogP contribution in [0.3, 0.4) is 0 Å². The van der Waals surface area contributed by atoms with Crippen LogP contribution in [-0.2, 0) is 0 Å². The summed E-state index contributed by atoms with van der Waals surface area (Å²) in [5.41, 5.74) is 4.16. The standard InChI is InChI=1S/C22H15ClN4OS/c23-14-8-9-16-15(11-14)19-18(21(28-16)17-7-4-10-29-17)20(13-5-2-1-3-6-13)27-22(26-19)24-12-25-27/h1-12,20-21H,(H,24,25,26). The van der Waals surface area contributed by atoms with Gasteiger partial charge in [0.25, 0.3) is 0 Å². The van der Waals surface area contributed by atoms with Crippen molar-refractivity contribution in [2.24, 2.45) is 0 Å². The zero-order chi connectivity index (χ0) is 19.4. The number of fused-ring (bicyclic) bond motifs is 3. The molecule has 142 valence electrons. The molecule has 2 aliphatic heterocycles. The van der Waals surface area contributed by atoms with Gasteiger partial charge in [-0.05, 0) is 35.2 Å². The fourth-order valence-electron chi connectivity index (χ4n) is 4.08. The monoisotopic (exact) mass is 418 g/mol. The molecule has 0 radical (unpaired) electrons. The Kier molecular flexibility index (Phi) is 3.76. The van der Waals surface area contributed by atoms with E-state index in [0.717, 1.165) is 33.0 Å². The molecule has 2 unspecified atom stereocenters. The largest absolute Gasteiger partial charge is 0.480 e. The maximum Gasteiger partial charge on any atom is 0.226 e. The Hall–Kier alpha value is -3.09. The van der Waals surface area contributed by atoms with Crippen molar-refractivity contribution in [3.8, 4) is 5.75 Å². The molecule has 2 atom stereocenters. The third kappa shape index (κ3) is 2.60. The normalized spacial score (nSPS) is 19.6. The molecule has 0 saturated heterocycles. The first kappa shape index (κ1) is 16.8. The van der Waals surface area contributed by atoms with Crippen molar-refractivity contribution in [3.05, 3.63) is 99.0 Å². The Morgan fingerprint density at radius 2 is 1.97 bits per heavy atom. The molecule has 5 nitrogen and oxygen atoms in total. The summed E-state index contributed by atoms with van der Waals surface area (Å²) in [5, 5.41) is 10.8. The second kappa shape index (κ2) is 6.47. The van der Waals surface area contributed by atoms with Crippen LogP contribution in [0.5, 0.6) is 5.75 Å². The molecule has 0 bridgehead atoms. The third-order valence-electron chi connectivity index (χ3n) is 5.29. The van der Waals surface area contributed by atoms with Crippen LogP contribution in [0.1, 0.15) is 28.1 Å². The van der Waals surface area contributed by atoms with Crippen LogP contribution in [0, 0.1) is 0 Å². The summed E-state index contributed by atoms with van der Waals surface area (Å²) < 4.78 is 8.46. The number of anilines is 1. The Morgan fingerprint density at radius 1 is 1.07 bits per heavy atom. The Balaban J connectivity index is 1.66. The number of benzene rings is 2. The second-order valence-corrected chi connectivity index (χ2v) is 8.37. The minimum atomic E-state index is -0.228. The van der Waals surface area contributed by atoms with Crippen LogP contribution < -0.4 is 10.1 Å². The summed E-state index contributed by atoms with van der Waals surface area (Å²) in [5.74, 6) is 1.51. The summed E-state index contributed by atoms with van der Waals surface area (Å²) in [6.07, 6.45) is 1.35. The lowest BCUT2D eigenvalue weighted by atomic mass is 9.87. The van der Waals surface area contributed by atoms with Gasteiger partial charge in [-0.2, -0.15) is 10.1 Å². The molecule has 7 heteroatoms. The minimum absolute atomic E-state index is 0.135. The molecule has 0 fully saturated rings.